The Kier molecular flexibility index (Phi) is 10.2. The van der Waals surface area contributed by atoms with Crippen LogP contribution in [0.2, 0.25) is 0 Å². The number of methoxy groups -OCH3 is 2. The standard InChI is InChI=1S/C44H39N5O7/c1-53-35-22-18-31(19-23-35)44(30-12-6-3-7-13-30,32-20-24-36(54-2)25-21-32)55-27-38-37(50)26-39(56-38)47-28-45-40-41(47)46-29-48(42(40)51)43(52)49(33-14-8-4-9-15-33)34-16-10-5-11-17-34/h3-25,28-29,37-39,50H,26-27H2,1-2H3/t37-,38+,39+/m0/s1. The van der Waals surface area contributed by atoms with Gasteiger partial charge in [-0.2, -0.15) is 0 Å². The number of hydrogen-bond donors (Lipinski definition) is 1. The molecule has 1 aliphatic heterocycles. The van der Waals surface area contributed by atoms with E-state index < -0.39 is 35.6 Å². The van der Waals surface area contributed by atoms with Crippen LogP contribution in [0.15, 0.2) is 157 Å². The summed E-state index contributed by atoms with van der Waals surface area (Å²) in [4.78, 5) is 38.2. The fourth-order valence-corrected chi connectivity index (χ4v) is 7.21. The lowest BCUT2D eigenvalue weighted by atomic mass is 9.80. The fourth-order valence-electron chi connectivity index (χ4n) is 7.21. The Morgan fingerprint density at radius 3 is 1.80 bits per heavy atom. The highest BCUT2D eigenvalue weighted by atomic mass is 16.6. The van der Waals surface area contributed by atoms with E-state index in [1.165, 1.54) is 17.6 Å². The second kappa shape index (κ2) is 15.6. The normalized spacial score (nSPS) is 16.8. The number of aliphatic hydroxyl groups excluding tert-OH is 1. The molecular weight excluding hydrogens is 711 g/mol. The molecule has 3 heterocycles. The number of imidazole rings is 1. The van der Waals surface area contributed by atoms with Crippen molar-refractivity contribution in [1.29, 1.82) is 0 Å². The third-order valence-electron chi connectivity index (χ3n) is 10.1. The summed E-state index contributed by atoms with van der Waals surface area (Å²) >= 11 is 0. The molecule has 0 saturated carbocycles. The Morgan fingerprint density at radius 1 is 0.750 bits per heavy atom. The maximum atomic E-state index is 14.0. The summed E-state index contributed by atoms with van der Waals surface area (Å²) in [5.41, 5.74) is 2.17. The maximum absolute atomic E-state index is 14.0. The zero-order valence-electron chi connectivity index (χ0n) is 30.7. The first-order valence-corrected chi connectivity index (χ1v) is 18.1. The molecule has 1 N–H and O–H groups in total. The minimum Gasteiger partial charge on any atom is -0.497 e. The number of anilines is 2. The van der Waals surface area contributed by atoms with Crippen LogP contribution in [0.25, 0.3) is 11.2 Å². The van der Waals surface area contributed by atoms with E-state index >= 15 is 0 Å². The zero-order valence-corrected chi connectivity index (χ0v) is 30.7. The smallest absolute Gasteiger partial charge is 0.341 e. The molecule has 5 aromatic carbocycles. The zero-order chi connectivity index (χ0) is 38.6. The van der Waals surface area contributed by atoms with Crippen molar-refractivity contribution in [2.24, 2.45) is 0 Å². The molecule has 12 heteroatoms. The summed E-state index contributed by atoms with van der Waals surface area (Å²) in [7, 11) is 3.24. The molecule has 1 amide bonds. The summed E-state index contributed by atoms with van der Waals surface area (Å²) in [6.07, 6.45) is 0.425. The van der Waals surface area contributed by atoms with Crippen LogP contribution in [-0.2, 0) is 15.1 Å². The van der Waals surface area contributed by atoms with Gasteiger partial charge in [0, 0.05) is 6.42 Å². The lowest BCUT2D eigenvalue weighted by Crippen LogP contribution is -2.38. The number of benzene rings is 5. The molecule has 1 aliphatic rings. The number of ether oxygens (including phenoxy) is 4. The average Bonchev–Trinajstić information content (AvgIpc) is 3.86. The number of para-hydroxylation sites is 2. The van der Waals surface area contributed by atoms with Gasteiger partial charge in [0.25, 0.3) is 5.56 Å². The molecule has 0 unspecified atom stereocenters. The summed E-state index contributed by atoms with van der Waals surface area (Å²) in [6.45, 7) is 0.000785. The molecule has 56 heavy (non-hydrogen) atoms. The van der Waals surface area contributed by atoms with Gasteiger partial charge in [0.2, 0.25) is 0 Å². The van der Waals surface area contributed by atoms with E-state index in [2.05, 4.69) is 9.97 Å². The summed E-state index contributed by atoms with van der Waals surface area (Å²) in [5.74, 6) is 1.40. The van der Waals surface area contributed by atoms with Crippen molar-refractivity contribution in [3.8, 4) is 11.5 Å². The second-order valence-corrected chi connectivity index (χ2v) is 13.3. The van der Waals surface area contributed by atoms with E-state index in [1.54, 1.807) is 43.1 Å². The molecule has 8 rings (SSSR count). The van der Waals surface area contributed by atoms with E-state index in [4.69, 9.17) is 18.9 Å². The van der Waals surface area contributed by atoms with E-state index in [0.717, 1.165) is 21.3 Å². The van der Waals surface area contributed by atoms with Crippen molar-refractivity contribution in [2.75, 3.05) is 25.7 Å². The quantitative estimate of drug-likeness (QED) is 0.138. The van der Waals surface area contributed by atoms with Crippen LogP contribution in [0.3, 0.4) is 0 Å². The number of amides is 1. The van der Waals surface area contributed by atoms with Crippen molar-refractivity contribution in [3.05, 3.63) is 179 Å². The van der Waals surface area contributed by atoms with Gasteiger partial charge in [-0.15, -0.1) is 0 Å². The van der Waals surface area contributed by atoms with Gasteiger partial charge in [-0.1, -0.05) is 91.0 Å². The molecule has 1 saturated heterocycles. The minimum atomic E-state index is -1.12. The largest absolute Gasteiger partial charge is 0.497 e. The first kappa shape index (κ1) is 36.4. The Balaban J connectivity index is 1.09. The first-order valence-electron chi connectivity index (χ1n) is 18.1. The number of aliphatic hydroxyl groups is 1. The number of nitrogens with zero attached hydrogens (tertiary/aromatic N) is 5. The third-order valence-corrected chi connectivity index (χ3v) is 10.1. The molecule has 2 aromatic heterocycles. The van der Waals surface area contributed by atoms with E-state index in [1.807, 2.05) is 115 Å². The van der Waals surface area contributed by atoms with Crippen LogP contribution in [0.5, 0.6) is 11.5 Å². The molecule has 7 aromatic rings. The van der Waals surface area contributed by atoms with Crippen LogP contribution in [0, 0.1) is 0 Å². The summed E-state index contributed by atoms with van der Waals surface area (Å²) < 4.78 is 26.9. The summed E-state index contributed by atoms with van der Waals surface area (Å²) in [6, 6.07) is 42.8. The lowest BCUT2D eigenvalue weighted by Gasteiger charge is -2.37. The molecule has 0 bridgehead atoms. The highest BCUT2D eigenvalue weighted by molar-refractivity contribution is 6.01. The molecule has 0 radical (unpaired) electrons. The highest BCUT2D eigenvalue weighted by Crippen LogP contribution is 2.43. The molecular formula is C44H39N5O7. The average molecular weight is 750 g/mol. The Hall–Kier alpha value is -6.60. The monoisotopic (exact) mass is 749 g/mol. The van der Waals surface area contributed by atoms with Gasteiger partial charge in [0.05, 0.1) is 44.6 Å². The second-order valence-electron chi connectivity index (χ2n) is 13.3. The van der Waals surface area contributed by atoms with Gasteiger partial charge in [0.15, 0.2) is 11.2 Å². The number of carbonyl (C=O) groups excluding carboxylic acids is 1. The highest BCUT2D eigenvalue weighted by Gasteiger charge is 2.42. The number of aromatic nitrogens is 4. The first-order chi connectivity index (χ1) is 27.4. The van der Waals surface area contributed by atoms with Crippen molar-refractivity contribution >= 4 is 28.6 Å². The van der Waals surface area contributed by atoms with Crippen LogP contribution in [-0.4, -0.2) is 63.3 Å². The van der Waals surface area contributed by atoms with Gasteiger partial charge in [0.1, 0.15) is 35.8 Å². The Morgan fingerprint density at radius 2 is 1.27 bits per heavy atom. The molecule has 1 fully saturated rings. The van der Waals surface area contributed by atoms with Gasteiger partial charge >= 0.3 is 6.03 Å². The molecule has 12 nitrogen and oxygen atoms in total. The van der Waals surface area contributed by atoms with E-state index in [-0.39, 0.29) is 24.2 Å². The van der Waals surface area contributed by atoms with Crippen molar-refractivity contribution in [2.45, 2.75) is 30.5 Å². The van der Waals surface area contributed by atoms with Crippen LogP contribution >= 0.6 is 0 Å². The Bertz CT molecular complexity index is 2390. The van der Waals surface area contributed by atoms with Gasteiger partial charge in [-0.25, -0.2) is 19.3 Å². The Labute approximate surface area is 322 Å². The third kappa shape index (κ3) is 6.70. The molecule has 0 spiro atoms. The number of rotatable bonds is 11. The SMILES string of the molecule is COc1ccc(C(OC[C@H]2O[C@@H](n3cnc4c(=O)n(C(=O)N(c5ccccc5)c5ccccc5)cnc43)C[C@@H]2O)(c2ccccc2)c2ccc(OC)cc2)cc1. The van der Waals surface area contributed by atoms with Gasteiger partial charge < -0.3 is 24.1 Å². The van der Waals surface area contributed by atoms with E-state index in [0.29, 0.717) is 22.9 Å². The molecule has 0 aliphatic carbocycles. The maximum Gasteiger partial charge on any atom is 0.341 e. The van der Waals surface area contributed by atoms with Gasteiger partial charge in [-0.3, -0.25) is 14.3 Å². The van der Waals surface area contributed by atoms with E-state index in [9.17, 15) is 14.7 Å². The number of hydrogen-bond acceptors (Lipinski definition) is 9. The molecule has 282 valence electrons. The van der Waals surface area contributed by atoms with Crippen LogP contribution in [0.1, 0.15) is 29.3 Å². The van der Waals surface area contributed by atoms with Crippen molar-refractivity contribution < 1.29 is 28.8 Å². The predicted octanol–water partition coefficient (Wildman–Crippen LogP) is 7.07. The summed E-state index contributed by atoms with van der Waals surface area (Å²) in [5, 5.41) is 11.4. The number of carbonyl (C=O) groups is 1. The predicted molar refractivity (Wildman–Crippen MR) is 210 cm³/mol. The lowest BCUT2D eigenvalue weighted by molar-refractivity contribution is -0.0931. The number of fused-ring (bicyclic) bond motifs is 1. The minimum absolute atomic E-state index is 0.000785. The van der Waals surface area contributed by atoms with Crippen molar-refractivity contribution in [1.82, 2.24) is 19.1 Å². The van der Waals surface area contributed by atoms with Crippen molar-refractivity contribution in [3.63, 3.8) is 0 Å². The topological polar surface area (TPSA) is 130 Å². The van der Waals surface area contributed by atoms with Gasteiger partial charge in [-0.05, 0) is 65.2 Å². The fraction of sp³-hybridized carbons (Fsp3) is 0.182. The van der Waals surface area contributed by atoms with Crippen LogP contribution < -0.4 is 19.9 Å². The molecule has 3 atom stereocenters. The van der Waals surface area contributed by atoms with Crippen LogP contribution in [0.4, 0.5) is 16.2 Å².